The minimum Gasteiger partial charge on any atom is -0.484 e. The van der Waals surface area contributed by atoms with Crippen molar-refractivity contribution >= 4 is 17.4 Å². The SMILES string of the molecule is Cc1ccc(Cl)c(OCC(=O)c2cc(C)c(C)cc2C)c1. The second kappa shape index (κ2) is 6.31. The lowest BCUT2D eigenvalue weighted by Crippen LogP contribution is -2.13. The van der Waals surface area contributed by atoms with Gasteiger partial charge in [0.15, 0.2) is 12.4 Å². The fraction of sp³-hybridized carbons (Fsp3) is 0.278. The molecule has 0 aliphatic heterocycles. The first-order chi connectivity index (χ1) is 9.88. The van der Waals surface area contributed by atoms with E-state index in [1.54, 1.807) is 6.07 Å². The third-order valence-electron chi connectivity index (χ3n) is 3.59. The summed E-state index contributed by atoms with van der Waals surface area (Å²) < 4.78 is 5.58. The van der Waals surface area contributed by atoms with E-state index in [-0.39, 0.29) is 12.4 Å². The van der Waals surface area contributed by atoms with Gasteiger partial charge >= 0.3 is 0 Å². The van der Waals surface area contributed by atoms with Crippen LogP contribution in [-0.2, 0) is 0 Å². The molecule has 2 aromatic rings. The van der Waals surface area contributed by atoms with Crippen molar-refractivity contribution < 1.29 is 9.53 Å². The van der Waals surface area contributed by atoms with Gasteiger partial charge < -0.3 is 4.74 Å². The normalized spacial score (nSPS) is 10.5. The quantitative estimate of drug-likeness (QED) is 0.756. The molecule has 0 spiro atoms. The Balaban J connectivity index is 2.15. The average Bonchev–Trinajstić information content (AvgIpc) is 2.43. The molecule has 0 heterocycles. The van der Waals surface area contributed by atoms with Crippen molar-refractivity contribution in [1.29, 1.82) is 0 Å². The van der Waals surface area contributed by atoms with Crippen molar-refractivity contribution in [2.24, 2.45) is 0 Å². The summed E-state index contributed by atoms with van der Waals surface area (Å²) in [5.74, 6) is 0.514. The Morgan fingerprint density at radius 1 is 1.00 bits per heavy atom. The van der Waals surface area contributed by atoms with Crippen LogP contribution in [0, 0.1) is 27.7 Å². The maximum Gasteiger partial charge on any atom is 0.200 e. The largest absolute Gasteiger partial charge is 0.484 e. The van der Waals surface area contributed by atoms with Crippen LogP contribution in [0.2, 0.25) is 5.02 Å². The number of carbonyl (C=O) groups excluding carboxylic acids is 1. The van der Waals surface area contributed by atoms with Crippen LogP contribution in [0.3, 0.4) is 0 Å². The number of hydrogen-bond donors (Lipinski definition) is 0. The van der Waals surface area contributed by atoms with Gasteiger partial charge in [-0.1, -0.05) is 23.7 Å². The minimum atomic E-state index is -0.0341. The van der Waals surface area contributed by atoms with Crippen LogP contribution in [0.25, 0.3) is 0 Å². The zero-order valence-corrected chi connectivity index (χ0v) is 13.5. The molecule has 2 nitrogen and oxygen atoms in total. The van der Waals surface area contributed by atoms with Crippen molar-refractivity contribution in [1.82, 2.24) is 0 Å². The van der Waals surface area contributed by atoms with E-state index in [9.17, 15) is 4.79 Å². The summed E-state index contributed by atoms with van der Waals surface area (Å²) in [4.78, 5) is 12.3. The molecule has 0 N–H and O–H groups in total. The number of halogens is 1. The van der Waals surface area contributed by atoms with Gasteiger partial charge in [-0.3, -0.25) is 4.79 Å². The highest BCUT2D eigenvalue weighted by atomic mass is 35.5. The van der Waals surface area contributed by atoms with E-state index in [4.69, 9.17) is 16.3 Å². The Labute approximate surface area is 130 Å². The molecule has 110 valence electrons. The van der Waals surface area contributed by atoms with Crippen LogP contribution >= 0.6 is 11.6 Å². The number of hydrogen-bond acceptors (Lipinski definition) is 2. The molecule has 0 radical (unpaired) electrons. The molecule has 0 bridgehead atoms. The number of aryl methyl sites for hydroxylation is 4. The highest BCUT2D eigenvalue weighted by molar-refractivity contribution is 6.32. The van der Waals surface area contributed by atoms with E-state index in [0.717, 1.165) is 16.7 Å². The van der Waals surface area contributed by atoms with E-state index >= 15 is 0 Å². The Bertz CT molecular complexity index is 690. The van der Waals surface area contributed by atoms with E-state index < -0.39 is 0 Å². The van der Waals surface area contributed by atoms with Gasteiger partial charge in [0.25, 0.3) is 0 Å². The van der Waals surface area contributed by atoms with Crippen LogP contribution in [-0.4, -0.2) is 12.4 Å². The van der Waals surface area contributed by atoms with Crippen molar-refractivity contribution in [3.8, 4) is 5.75 Å². The number of rotatable bonds is 4. The Kier molecular flexibility index (Phi) is 4.69. The maximum atomic E-state index is 12.3. The molecular formula is C18H19ClO2. The molecule has 0 aliphatic carbocycles. The second-order valence-electron chi connectivity index (χ2n) is 5.40. The molecule has 0 atom stereocenters. The fourth-order valence-corrected chi connectivity index (χ4v) is 2.38. The van der Waals surface area contributed by atoms with Crippen LogP contribution in [0.1, 0.15) is 32.6 Å². The van der Waals surface area contributed by atoms with Crippen LogP contribution in [0.15, 0.2) is 30.3 Å². The summed E-state index contributed by atoms with van der Waals surface area (Å²) in [7, 11) is 0. The summed E-state index contributed by atoms with van der Waals surface area (Å²) in [6, 6.07) is 9.47. The molecule has 2 rings (SSSR count). The van der Waals surface area contributed by atoms with Crippen LogP contribution in [0.4, 0.5) is 0 Å². The van der Waals surface area contributed by atoms with Crippen molar-refractivity contribution in [2.75, 3.05) is 6.61 Å². The molecule has 21 heavy (non-hydrogen) atoms. The first-order valence-corrected chi connectivity index (χ1v) is 7.26. The van der Waals surface area contributed by atoms with Gasteiger partial charge in [-0.15, -0.1) is 0 Å². The van der Waals surface area contributed by atoms with Crippen molar-refractivity contribution in [3.05, 3.63) is 63.2 Å². The summed E-state index contributed by atoms with van der Waals surface area (Å²) in [5.41, 5.74) is 5.03. The highest BCUT2D eigenvalue weighted by Crippen LogP contribution is 2.25. The number of benzene rings is 2. The molecule has 0 saturated carbocycles. The Morgan fingerprint density at radius 3 is 2.38 bits per heavy atom. The van der Waals surface area contributed by atoms with E-state index in [0.29, 0.717) is 16.3 Å². The standard InChI is InChI=1S/C18H19ClO2/c1-11-5-6-16(19)18(7-11)21-10-17(20)15-9-13(3)12(2)8-14(15)4/h5-9H,10H2,1-4H3. The number of ether oxygens (including phenoxy) is 1. The predicted octanol–water partition coefficient (Wildman–Crippen LogP) is 4.84. The van der Waals surface area contributed by atoms with Gasteiger partial charge in [0, 0.05) is 5.56 Å². The van der Waals surface area contributed by atoms with E-state index in [1.807, 2.05) is 52.0 Å². The lowest BCUT2D eigenvalue weighted by Gasteiger charge is -2.11. The molecule has 0 amide bonds. The van der Waals surface area contributed by atoms with Gasteiger partial charge in [-0.25, -0.2) is 0 Å². The van der Waals surface area contributed by atoms with Gasteiger partial charge in [0.05, 0.1) is 5.02 Å². The Hall–Kier alpha value is -1.80. The number of carbonyl (C=O) groups is 1. The number of Topliss-reactive ketones (excluding diaryl/α,β-unsaturated/α-hetero) is 1. The second-order valence-corrected chi connectivity index (χ2v) is 5.80. The molecule has 2 aromatic carbocycles. The lowest BCUT2D eigenvalue weighted by atomic mass is 9.98. The first-order valence-electron chi connectivity index (χ1n) is 6.88. The molecule has 0 unspecified atom stereocenters. The first kappa shape index (κ1) is 15.6. The van der Waals surface area contributed by atoms with Crippen LogP contribution < -0.4 is 4.74 Å². The maximum absolute atomic E-state index is 12.3. The number of ketones is 1. The smallest absolute Gasteiger partial charge is 0.200 e. The summed E-state index contributed by atoms with van der Waals surface area (Å²) in [6.07, 6.45) is 0. The summed E-state index contributed by atoms with van der Waals surface area (Å²) in [5, 5.41) is 0.519. The van der Waals surface area contributed by atoms with Gasteiger partial charge in [-0.05, 0) is 68.1 Å². The molecule has 0 fully saturated rings. The van der Waals surface area contributed by atoms with Gasteiger partial charge in [-0.2, -0.15) is 0 Å². The summed E-state index contributed by atoms with van der Waals surface area (Å²) in [6.45, 7) is 7.94. The predicted molar refractivity (Wildman–Crippen MR) is 86.7 cm³/mol. The lowest BCUT2D eigenvalue weighted by molar-refractivity contribution is 0.0921. The third-order valence-corrected chi connectivity index (χ3v) is 3.90. The summed E-state index contributed by atoms with van der Waals surface area (Å²) >= 11 is 6.07. The van der Waals surface area contributed by atoms with E-state index in [1.165, 1.54) is 5.56 Å². The monoisotopic (exact) mass is 302 g/mol. The topological polar surface area (TPSA) is 26.3 Å². The molecule has 0 saturated heterocycles. The fourth-order valence-electron chi connectivity index (χ4n) is 2.20. The van der Waals surface area contributed by atoms with Crippen LogP contribution in [0.5, 0.6) is 5.75 Å². The average molecular weight is 303 g/mol. The van der Waals surface area contributed by atoms with Crippen molar-refractivity contribution in [2.45, 2.75) is 27.7 Å². The minimum absolute atomic E-state index is 0.00743. The highest BCUT2D eigenvalue weighted by Gasteiger charge is 2.12. The Morgan fingerprint density at radius 2 is 1.67 bits per heavy atom. The zero-order valence-electron chi connectivity index (χ0n) is 12.8. The molecule has 0 aromatic heterocycles. The van der Waals surface area contributed by atoms with E-state index in [2.05, 4.69) is 0 Å². The molecule has 0 aliphatic rings. The molecular weight excluding hydrogens is 284 g/mol. The van der Waals surface area contributed by atoms with Gasteiger partial charge in [0.1, 0.15) is 5.75 Å². The molecule has 3 heteroatoms. The van der Waals surface area contributed by atoms with Crippen molar-refractivity contribution in [3.63, 3.8) is 0 Å². The third kappa shape index (κ3) is 3.64. The zero-order chi connectivity index (χ0) is 15.6. The van der Waals surface area contributed by atoms with Gasteiger partial charge in [0.2, 0.25) is 0 Å².